The van der Waals surface area contributed by atoms with Gasteiger partial charge in [-0.05, 0) is 74.5 Å². The molecule has 0 aliphatic rings. The van der Waals surface area contributed by atoms with Crippen LogP contribution >= 0.6 is 11.3 Å². The highest BCUT2D eigenvalue weighted by atomic mass is 32.1. The van der Waals surface area contributed by atoms with Crippen molar-refractivity contribution in [3.05, 3.63) is 78.1 Å². The first-order valence-electron chi connectivity index (χ1n) is 10.2. The highest BCUT2D eigenvalue weighted by Crippen LogP contribution is 2.32. The number of aromatic nitrogens is 1. The maximum atomic E-state index is 7.10. The van der Waals surface area contributed by atoms with Crippen molar-refractivity contribution in [1.29, 1.82) is 0 Å². The number of rotatable bonds is 7. The second kappa shape index (κ2) is 9.90. The van der Waals surface area contributed by atoms with E-state index < -0.39 is 0 Å². The normalized spacial score (nSPS) is 11.4. The maximum Gasteiger partial charge on any atom is 0.231 e. The zero-order chi connectivity index (χ0) is 22.3. The Kier molecular flexibility index (Phi) is 6.58. The van der Waals surface area contributed by atoms with Gasteiger partial charge in [0.25, 0.3) is 0 Å². The smallest absolute Gasteiger partial charge is 0.231 e. The Hall–Kier alpha value is -3.96. The van der Waals surface area contributed by atoms with Gasteiger partial charge in [-0.3, -0.25) is 0 Å². The standard InChI is InChI=1S/C24H21N7S/c1-4-31(5-2)21-13-10-19(11-14-21)28-27-17-6-8-18(9-7-17)29-30-24-26-22-15-12-20(25-3)16-23(22)32-24/h6-16H,4-5H2,1-2H3. The molecule has 4 rings (SSSR count). The van der Waals surface area contributed by atoms with Gasteiger partial charge in [-0.25, -0.2) is 9.83 Å². The summed E-state index contributed by atoms with van der Waals surface area (Å²) in [6, 6.07) is 20.8. The lowest BCUT2D eigenvalue weighted by atomic mass is 10.2. The summed E-state index contributed by atoms with van der Waals surface area (Å²) in [6.45, 7) is 13.3. The van der Waals surface area contributed by atoms with Crippen molar-refractivity contribution < 1.29 is 0 Å². The number of benzene rings is 3. The molecule has 4 aromatic rings. The topological polar surface area (TPSA) is 69.9 Å². The van der Waals surface area contributed by atoms with Gasteiger partial charge >= 0.3 is 0 Å². The van der Waals surface area contributed by atoms with Crippen LogP contribution in [-0.2, 0) is 0 Å². The van der Waals surface area contributed by atoms with Crippen molar-refractivity contribution in [2.45, 2.75) is 13.8 Å². The zero-order valence-electron chi connectivity index (χ0n) is 17.8. The van der Waals surface area contributed by atoms with Gasteiger partial charge in [0.2, 0.25) is 5.13 Å². The van der Waals surface area contributed by atoms with Gasteiger partial charge < -0.3 is 4.90 Å². The fourth-order valence-electron chi connectivity index (χ4n) is 3.13. The van der Waals surface area contributed by atoms with E-state index in [9.17, 15) is 0 Å². The highest BCUT2D eigenvalue weighted by molar-refractivity contribution is 7.21. The SMILES string of the molecule is [C-]#[N+]c1ccc2nc(N=Nc3ccc(N=Nc4ccc(N(CC)CC)cc4)cc3)sc2c1. The molecule has 0 aliphatic carbocycles. The molecule has 1 aromatic heterocycles. The third-order valence-corrected chi connectivity index (χ3v) is 5.75. The van der Waals surface area contributed by atoms with Crippen LogP contribution in [0.1, 0.15) is 13.8 Å². The summed E-state index contributed by atoms with van der Waals surface area (Å²) in [5.74, 6) is 0. The van der Waals surface area contributed by atoms with E-state index in [4.69, 9.17) is 6.57 Å². The molecule has 1 heterocycles. The van der Waals surface area contributed by atoms with Crippen molar-refractivity contribution >= 4 is 55.1 Å². The van der Waals surface area contributed by atoms with Gasteiger partial charge in [0.15, 0.2) is 5.69 Å². The second-order valence-corrected chi connectivity index (χ2v) is 7.87. The molecule has 32 heavy (non-hydrogen) atoms. The van der Waals surface area contributed by atoms with Gasteiger partial charge in [0.05, 0.1) is 29.2 Å². The molecule has 7 nitrogen and oxygen atoms in total. The predicted molar refractivity (Wildman–Crippen MR) is 131 cm³/mol. The number of anilines is 1. The Bertz CT molecular complexity index is 1300. The molecule has 0 fully saturated rings. The molecule has 0 bridgehead atoms. The average Bonchev–Trinajstić information content (AvgIpc) is 3.25. The lowest BCUT2D eigenvalue weighted by Gasteiger charge is -2.20. The highest BCUT2D eigenvalue weighted by Gasteiger charge is 2.04. The number of hydrogen-bond acceptors (Lipinski definition) is 7. The Morgan fingerprint density at radius 2 is 1.38 bits per heavy atom. The molecule has 0 unspecified atom stereocenters. The monoisotopic (exact) mass is 439 g/mol. The van der Waals surface area contributed by atoms with Crippen LogP contribution in [0.15, 0.2) is 87.2 Å². The Morgan fingerprint density at radius 1 is 0.812 bits per heavy atom. The lowest BCUT2D eigenvalue weighted by Crippen LogP contribution is -2.21. The van der Waals surface area contributed by atoms with E-state index in [1.54, 1.807) is 6.07 Å². The first-order valence-corrected chi connectivity index (χ1v) is 11.1. The van der Waals surface area contributed by atoms with E-state index in [-0.39, 0.29) is 0 Å². The largest absolute Gasteiger partial charge is 0.372 e. The molecule has 0 atom stereocenters. The minimum Gasteiger partial charge on any atom is -0.372 e. The molecular formula is C24H21N7S. The van der Waals surface area contributed by atoms with E-state index in [1.807, 2.05) is 48.5 Å². The van der Waals surface area contributed by atoms with Crippen LogP contribution in [0.25, 0.3) is 15.1 Å². The molecule has 0 aliphatic heterocycles. The molecule has 0 spiro atoms. The van der Waals surface area contributed by atoms with Crippen LogP contribution in [-0.4, -0.2) is 18.1 Å². The van der Waals surface area contributed by atoms with Gasteiger partial charge in [-0.15, -0.1) is 10.2 Å². The van der Waals surface area contributed by atoms with E-state index in [2.05, 4.69) is 61.2 Å². The second-order valence-electron chi connectivity index (χ2n) is 6.87. The van der Waals surface area contributed by atoms with Crippen LogP contribution in [0.5, 0.6) is 0 Å². The van der Waals surface area contributed by atoms with Crippen LogP contribution in [0, 0.1) is 6.57 Å². The minimum atomic E-state index is 0.555. The zero-order valence-corrected chi connectivity index (χ0v) is 18.6. The van der Waals surface area contributed by atoms with Gasteiger partial charge in [-0.2, -0.15) is 10.2 Å². The summed E-state index contributed by atoms with van der Waals surface area (Å²) >= 11 is 1.41. The molecule has 0 radical (unpaired) electrons. The van der Waals surface area contributed by atoms with Crippen molar-refractivity contribution in [2.24, 2.45) is 20.5 Å². The van der Waals surface area contributed by atoms with Crippen molar-refractivity contribution in [3.8, 4) is 0 Å². The number of fused-ring (bicyclic) bond motifs is 1. The Labute approximate surface area is 190 Å². The summed E-state index contributed by atoms with van der Waals surface area (Å²) in [5.41, 5.74) is 4.84. The summed E-state index contributed by atoms with van der Waals surface area (Å²) < 4.78 is 0.924. The van der Waals surface area contributed by atoms with Crippen molar-refractivity contribution in [2.75, 3.05) is 18.0 Å². The van der Waals surface area contributed by atoms with E-state index in [0.717, 1.165) is 34.7 Å². The minimum absolute atomic E-state index is 0.555. The fraction of sp³-hybridized carbons (Fsp3) is 0.167. The van der Waals surface area contributed by atoms with Crippen molar-refractivity contribution in [1.82, 2.24) is 4.98 Å². The molecular weight excluding hydrogens is 418 g/mol. The van der Waals surface area contributed by atoms with E-state index in [1.165, 1.54) is 17.0 Å². The maximum absolute atomic E-state index is 7.10. The first kappa shape index (κ1) is 21.3. The van der Waals surface area contributed by atoms with E-state index in [0.29, 0.717) is 16.5 Å². The molecule has 158 valence electrons. The number of nitrogens with zero attached hydrogens (tertiary/aromatic N) is 7. The molecule has 3 aromatic carbocycles. The van der Waals surface area contributed by atoms with Crippen molar-refractivity contribution in [3.63, 3.8) is 0 Å². The Balaban J connectivity index is 1.41. The quantitative estimate of drug-likeness (QED) is 0.214. The van der Waals surface area contributed by atoms with Crippen LogP contribution in [0.4, 0.5) is 33.6 Å². The fourth-order valence-corrected chi connectivity index (χ4v) is 3.95. The number of azo groups is 2. The predicted octanol–water partition coefficient (Wildman–Crippen LogP) is 8.52. The lowest BCUT2D eigenvalue weighted by molar-refractivity contribution is 0.866. The van der Waals surface area contributed by atoms with Gasteiger partial charge in [-0.1, -0.05) is 17.4 Å². The first-order chi connectivity index (χ1) is 15.7. The summed E-state index contributed by atoms with van der Waals surface area (Å²) in [5, 5.41) is 17.6. The molecule has 0 amide bonds. The third kappa shape index (κ3) is 5.02. The van der Waals surface area contributed by atoms with Gasteiger partial charge in [0.1, 0.15) is 0 Å². The Morgan fingerprint density at radius 3 is 1.94 bits per heavy atom. The summed E-state index contributed by atoms with van der Waals surface area (Å²) in [7, 11) is 0. The van der Waals surface area contributed by atoms with Crippen LogP contribution < -0.4 is 4.90 Å². The number of hydrogen-bond donors (Lipinski definition) is 0. The summed E-state index contributed by atoms with van der Waals surface area (Å²) in [4.78, 5) is 10.2. The molecule has 0 saturated heterocycles. The number of thiazole rings is 1. The van der Waals surface area contributed by atoms with Gasteiger partial charge in [0, 0.05) is 23.5 Å². The molecule has 0 saturated carbocycles. The summed E-state index contributed by atoms with van der Waals surface area (Å²) in [6.07, 6.45) is 0. The van der Waals surface area contributed by atoms with E-state index >= 15 is 0 Å². The average molecular weight is 440 g/mol. The van der Waals surface area contributed by atoms with Crippen LogP contribution in [0.2, 0.25) is 0 Å². The molecule has 8 heteroatoms. The molecule has 0 N–H and O–H groups in total. The third-order valence-electron chi connectivity index (χ3n) is 4.85. The van der Waals surface area contributed by atoms with Crippen LogP contribution in [0.3, 0.4) is 0 Å².